The molecule has 6 atom stereocenters. The molecule has 2 bridgehead atoms. The number of nitrogens with zero attached hydrogens (tertiary/aromatic N) is 1. The fraction of sp³-hybridized carbons (Fsp3) is 0.500. The largest absolute Gasteiger partial charge is 0.439 e. The van der Waals surface area contributed by atoms with Gasteiger partial charge in [0, 0.05) is 69.3 Å². The maximum absolute atomic E-state index is 13.9. The predicted octanol–water partition coefficient (Wildman–Crippen LogP) is 2.97. The van der Waals surface area contributed by atoms with Gasteiger partial charge >= 0.3 is 6.09 Å². The van der Waals surface area contributed by atoms with E-state index < -0.39 is 48.0 Å². The van der Waals surface area contributed by atoms with Crippen LogP contribution in [0.4, 0.5) is 4.79 Å². The Morgan fingerprint density at radius 3 is 2.47 bits per heavy atom. The summed E-state index contributed by atoms with van der Waals surface area (Å²) in [5.74, 6) is -1.76. The van der Waals surface area contributed by atoms with Gasteiger partial charge in [0.1, 0.15) is 6.10 Å². The van der Waals surface area contributed by atoms with Crippen molar-refractivity contribution in [1.82, 2.24) is 20.6 Å². The minimum Gasteiger partial charge on any atom is -0.439 e. The Hall–Kier alpha value is -4.33. The third-order valence-electron chi connectivity index (χ3n) is 8.28. The Labute approximate surface area is 275 Å². The molecule has 3 rings (SSSR count). The molecule has 47 heavy (non-hydrogen) atoms. The number of aromatic amines is 1. The van der Waals surface area contributed by atoms with Gasteiger partial charge in [-0.3, -0.25) is 14.4 Å². The number of imidazole rings is 1. The quantitative estimate of drug-likeness (QED) is 0.240. The van der Waals surface area contributed by atoms with Crippen LogP contribution in [0.5, 0.6) is 0 Å². The van der Waals surface area contributed by atoms with Gasteiger partial charge in [-0.1, -0.05) is 38.2 Å². The summed E-state index contributed by atoms with van der Waals surface area (Å²) in [6.07, 6.45) is 8.97. The first-order valence-corrected chi connectivity index (χ1v) is 15.5. The standard InChI is InChI=1S/C34H47N5O8/c1-19-13-24-29(37-12-11-23-17-36-18-38-23)26(40)16-25(30(24)41)39-33(42)20(2)9-8-10-27(44-5)32(47-34(35)43)22(4)15-21(3)31(46-7)28(14-19)45-6/h8-10,15-19,21,27-28,31-32,37H,11-14H2,1-7H3,(H2,35,43)(H,36,38)(H,39,42)/b10-8-,20-9+,22-15+/t19-,21+,27+,28+,31-,32+/m1/s1. The van der Waals surface area contributed by atoms with E-state index in [0.29, 0.717) is 25.0 Å². The third-order valence-corrected chi connectivity index (χ3v) is 8.28. The summed E-state index contributed by atoms with van der Waals surface area (Å²) in [6.45, 7) is 7.69. The molecule has 1 aliphatic heterocycles. The molecule has 2 amide bonds. The number of aromatic nitrogens is 2. The lowest BCUT2D eigenvalue weighted by molar-refractivity contribution is -0.120. The molecule has 13 heteroatoms. The smallest absolute Gasteiger partial charge is 0.405 e. The molecule has 0 aromatic carbocycles. The molecular formula is C34H47N5O8. The Bertz CT molecular complexity index is 1440. The second-order valence-electron chi connectivity index (χ2n) is 11.9. The predicted molar refractivity (Wildman–Crippen MR) is 175 cm³/mol. The summed E-state index contributed by atoms with van der Waals surface area (Å²) in [6, 6.07) is 0. The molecular weight excluding hydrogens is 606 g/mol. The van der Waals surface area contributed by atoms with Crippen molar-refractivity contribution in [2.24, 2.45) is 17.6 Å². The summed E-state index contributed by atoms with van der Waals surface area (Å²) in [5, 5.41) is 5.78. The molecule has 1 aliphatic carbocycles. The number of carbonyl (C=O) groups is 4. The molecule has 2 aliphatic rings. The van der Waals surface area contributed by atoms with Gasteiger partial charge in [-0.25, -0.2) is 9.78 Å². The van der Waals surface area contributed by atoms with Crippen molar-refractivity contribution < 1.29 is 38.1 Å². The molecule has 0 unspecified atom stereocenters. The van der Waals surface area contributed by atoms with E-state index >= 15 is 0 Å². The topological polar surface area (TPSA) is 184 Å². The van der Waals surface area contributed by atoms with Crippen molar-refractivity contribution in [2.75, 3.05) is 27.9 Å². The Kier molecular flexibility index (Phi) is 13.9. The second kappa shape index (κ2) is 17.5. The van der Waals surface area contributed by atoms with Crippen molar-refractivity contribution in [1.29, 1.82) is 0 Å². The summed E-state index contributed by atoms with van der Waals surface area (Å²) in [7, 11) is 4.65. The number of amides is 2. The van der Waals surface area contributed by atoms with Gasteiger partial charge < -0.3 is 40.3 Å². The number of Topliss-reactive ketones (excluding diaryl/α,β-unsaturated/α-hetero) is 1. The highest BCUT2D eigenvalue weighted by Gasteiger charge is 2.34. The van der Waals surface area contributed by atoms with Crippen molar-refractivity contribution in [3.63, 3.8) is 0 Å². The van der Waals surface area contributed by atoms with Crippen molar-refractivity contribution in [2.45, 2.75) is 71.4 Å². The van der Waals surface area contributed by atoms with Crippen LogP contribution in [-0.2, 0) is 39.8 Å². The van der Waals surface area contributed by atoms with E-state index in [9.17, 15) is 19.2 Å². The lowest BCUT2D eigenvalue weighted by Gasteiger charge is -2.32. The van der Waals surface area contributed by atoms with E-state index in [2.05, 4.69) is 20.6 Å². The number of rotatable bonds is 8. The molecule has 1 aromatic heterocycles. The van der Waals surface area contributed by atoms with Gasteiger partial charge in [0.2, 0.25) is 11.6 Å². The summed E-state index contributed by atoms with van der Waals surface area (Å²) in [5.41, 5.74) is 7.61. The van der Waals surface area contributed by atoms with Crippen LogP contribution >= 0.6 is 0 Å². The SMILES string of the molecule is CO[C@H]1[C@@H](OC)C[C@H](C)CC2=C(NCCc3cnc[nH]3)C(=O)C=C(NC(=O)/C(C)=C/C=C\[C@H](OC)[C@@H](OC(N)=O)/C(C)=C/[C@@H]1C)C2=O. The minimum absolute atomic E-state index is 0.104. The van der Waals surface area contributed by atoms with Crippen molar-refractivity contribution in [3.05, 3.63) is 76.7 Å². The Morgan fingerprint density at radius 2 is 1.85 bits per heavy atom. The number of nitrogens with one attached hydrogen (secondary N) is 3. The van der Waals surface area contributed by atoms with E-state index in [-0.39, 0.29) is 40.8 Å². The minimum atomic E-state index is -0.967. The number of H-pyrrole nitrogens is 1. The number of hydrogen-bond acceptors (Lipinski definition) is 10. The van der Waals surface area contributed by atoms with Crippen LogP contribution in [-0.4, -0.2) is 85.8 Å². The second-order valence-corrected chi connectivity index (χ2v) is 11.9. The fourth-order valence-electron chi connectivity index (χ4n) is 5.87. The number of ether oxygens (including phenoxy) is 4. The van der Waals surface area contributed by atoms with E-state index in [4.69, 9.17) is 24.7 Å². The van der Waals surface area contributed by atoms with E-state index in [1.165, 1.54) is 13.2 Å². The number of ketones is 2. The third kappa shape index (κ3) is 10.1. The molecule has 2 heterocycles. The van der Waals surface area contributed by atoms with Gasteiger partial charge in [0.25, 0.3) is 5.91 Å². The van der Waals surface area contributed by atoms with E-state index in [0.717, 1.165) is 11.8 Å². The van der Waals surface area contributed by atoms with Crippen LogP contribution in [0, 0.1) is 11.8 Å². The fourth-order valence-corrected chi connectivity index (χ4v) is 5.87. The molecule has 0 saturated carbocycles. The number of primary amides is 1. The lowest BCUT2D eigenvalue weighted by Crippen LogP contribution is -2.38. The van der Waals surface area contributed by atoms with E-state index in [1.807, 2.05) is 26.8 Å². The molecule has 13 nitrogen and oxygen atoms in total. The van der Waals surface area contributed by atoms with Gasteiger partial charge in [0.05, 0.1) is 29.9 Å². The summed E-state index contributed by atoms with van der Waals surface area (Å²) >= 11 is 0. The highest BCUT2D eigenvalue weighted by atomic mass is 16.6. The van der Waals surface area contributed by atoms with Crippen LogP contribution in [0.3, 0.4) is 0 Å². The first-order valence-electron chi connectivity index (χ1n) is 15.5. The van der Waals surface area contributed by atoms with Crippen LogP contribution in [0.2, 0.25) is 0 Å². The zero-order valence-corrected chi connectivity index (χ0v) is 28.1. The molecule has 0 spiro atoms. The van der Waals surface area contributed by atoms with Gasteiger partial charge in [-0.2, -0.15) is 0 Å². The maximum atomic E-state index is 13.9. The lowest BCUT2D eigenvalue weighted by atomic mass is 9.85. The average Bonchev–Trinajstić information content (AvgIpc) is 3.54. The number of allylic oxidation sites excluding steroid dienone is 4. The molecule has 0 saturated heterocycles. The molecule has 1 aromatic rings. The molecule has 0 radical (unpaired) electrons. The number of carbonyl (C=O) groups excluding carboxylic acids is 4. The maximum Gasteiger partial charge on any atom is 0.405 e. The van der Waals surface area contributed by atoms with Crippen LogP contribution in [0.1, 0.15) is 46.2 Å². The van der Waals surface area contributed by atoms with Gasteiger partial charge in [0.15, 0.2) is 6.10 Å². The number of nitrogens with two attached hydrogens (primary N) is 1. The van der Waals surface area contributed by atoms with Gasteiger partial charge in [-0.05, 0) is 38.2 Å². The highest BCUT2D eigenvalue weighted by molar-refractivity contribution is 6.23. The van der Waals surface area contributed by atoms with Crippen LogP contribution < -0.4 is 16.4 Å². The van der Waals surface area contributed by atoms with Crippen LogP contribution in [0.25, 0.3) is 0 Å². The van der Waals surface area contributed by atoms with Crippen molar-refractivity contribution >= 4 is 23.6 Å². The monoisotopic (exact) mass is 653 g/mol. The molecule has 5 N–H and O–H groups in total. The number of methoxy groups -OCH3 is 3. The number of fused-ring (bicyclic) bond motifs is 2. The average molecular weight is 654 g/mol. The normalized spacial score (nSPS) is 29.6. The summed E-state index contributed by atoms with van der Waals surface area (Å²) in [4.78, 5) is 59.3. The van der Waals surface area contributed by atoms with Crippen molar-refractivity contribution in [3.8, 4) is 0 Å². The molecule has 0 fully saturated rings. The zero-order valence-electron chi connectivity index (χ0n) is 28.1. The van der Waals surface area contributed by atoms with Gasteiger partial charge in [-0.15, -0.1) is 0 Å². The Morgan fingerprint density at radius 1 is 1.11 bits per heavy atom. The Balaban J connectivity index is 2.05. The molecule has 256 valence electrons. The zero-order chi connectivity index (χ0) is 34.7. The van der Waals surface area contributed by atoms with E-state index in [1.54, 1.807) is 45.8 Å². The first-order chi connectivity index (χ1) is 22.4. The first kappa shape index (κ1) is 37.1. The van der Waals surface area contributed by atoms with Crippen LogP contribution in [0.15, 0.2) is 71.0 Å². The highest BCUT2D eigenvalue weighted by Crippen LogP contribution is 2.29. The number of hydrogen-bond donors (Lipinski definition) is 4. The summed E-state index contributed by atoms with van der Waals surface area (Å²) < 4.78 is 22.9.